The van der Waals surface area contributed by atoms with Crippen molar-refractivity contribution in [1.29, 1.82) is 0 Å². The van der Waals surface area contributed by atoms with Gasteiger partial charge in [-0.05, 0) is 0 Å². The molecular weight excluding hydrogens is 168 g/mol. The van der Waals surface area contributed by atoms with Gasteiger partial charge >= 0.3 is 0 Å². The fraction of sp³-hybridized carbons (Fsp3) is 0.750. The van der Waals surface area contributed by atoms with Crippen LogP contribution >= 0.6 is 0 Å². The van der Waals surface area contributed by atoms with E-state index in [-0.39, 0.29) is 6.10 Å². The molecule has 0 bridgehead atoms. The number of rotatable bonds is 2. The minimum Gasteiger partial charge on any atom is -0.375 e. The summed E-state index contributed by atoms with van der Waals surface area (Å²) in [6.07, 6.45) is 2.66. The zero-order chi connectivity index (χ0) is 9.10. The SMILES string of the molecule is Cn1ncnc1CC1CNCCO1. The molecule has 2 rings (SSSR count). The van der Waals surface area contributed by atoms with E-state index in [1.54, 1.807) is 11.0 Å². The van der Waals surface area contributed by atoms with Gasteiger partial charge in [-0.1, -0.05) is 0 Å². The largest absolute Gasteiger partial charge is 0.375 e. The zero-order valence-corrected chi connectivity index (χ0v) is 7.73. The predicted octanol–water partition coefficient (Wildman–Crippen LogP) is -0.654. The molecule has 1 aliphatic rings. The smallest absolute Gasteiger partial charge is 0.138 e. The molecule has 1 N–H and O–H groups in total. The van der Waals surface area contributed by atoms with Crippen LogP contribution in [-0.2, 0) is 18.2 Å². The average Bonchev–Trinajstić information content (AvgIpc) is 2.54. The van der Waals surface area contributed by atoms with Gasteiger partial charge in [0.25, 0.3) is 0 Å². The summed E-state index contributed by atoms with van der Waals surface area (Å²) in [5, 5.41) is 7.30. The first kappa shape index (κ1) is 8.65. The van der Waals surface area contributed by atoms with E-state index in [4.69, 9.17) is 4.74 Å². The summed E-state index contributed by atoms with van der Waals surface area (Å²) in [6, 6.07) is 0. The summed E-state index contributed by atoms with van der Waals surface area (Å²) in [6.45, 7) is 2.66. The van der Waals surface area contributed by atoms with Crippen LogP contribution in [0.5, 0.6) is 0 Å². The topological polar surface area (TPSA) is 52.0 Å². The van der Waals surface area contributed by atoms with Gasteiger partial charge in [0.15, 0.2) is 0 Å². The summed E-state index contributed by atoms with van der Waals surface area (Å²) in [4.78, 5) is 4.15. The molecule has 0 aliphatic carbocycles. The molecule has 1 aromatic heterocycles. The van der Waals surface area contributed by atoms with E-state index in [0.717, 1.165) is 31.9 Å². The molecule has 2 heterocycles. The normalized spacial score (nSPS) is 23.3. The van der Waals surface area contributed by atoms with Crippen molar-refractivity contribution in [2.24, 2.45) is 7.05 Å². The highest BCUT2D eigenvalue weighted by Crippen LogP contribution is 2.03. The fourth-order valence-corrected chi connectivity index (χ4v) is 1.46. The molecule has 1 aromatic rings. The molecule has 5 nitrogen and oxygen atoms in total. The predicted molar refractivity (Wildman–Crippen MR) is 47.3 cm³/mol. The second-order valence-electron chi connectivity index (χ2n) is 3.20. The number of ether oxygens (including phenoxy) is 1. The van der Waals surface area contributed by atoms with Gasteiger partial charge < -0.3 is 10.1 Å². The van der Waals surface area contributed by atoms with Crippen LogP contribution in [0, 0.1) is 0 Å². The summed E-state index contributed by atoms with van der Waals surface area (Å²) < 4.78 is 7.35. The van der Waals surface area contributed by atoms with Crippen molar-refractivity contribution in [2.75, 3.05) is 19.7 Å². The number of hydrogen-bond donors (Lipinski definition) is 1. The van der Waals surface area contributed by atoms with Gasteiger partial charge in [-0.3, -0.25) is 4.68 Å². The van der Waals surface area contributed by atoms with Crippen LogP contribution in [0.2, 0.25) is 0 Å². The van der Waals surface area contributed by atoms with E-state index in [9.17, 15) is 0 Å². The molecule has 0 radical (unpaired) electrons. The maximum absolute atomic E-state index is 5.56. The first-order chi connectivity index (χ1) is 6.36. The van der Waals surface area contributed by atoms with Crippen molar-refractivity contribution < 1.29 is 4.74 Å². The van der Waals surface area contributed by atoms with E-state index >= 15 is 0 Å². The lowest BCUT2D eigenvalue weighted by Gasteiger charge is -2.22. The highest BCUT2D eigenvalue weighted by Gasteiger charge is 2.15. The minimum absolute atomic E-state index is 0.247. The van der Waals surface area contributed by atoms with E-state index in [1.807, 2.05) is 7.05 Å². The van der Waals surface area contributed by atoms with Gasteiger partial charge in [-0.2, -0.15) is 5.10 Å². The third-order valence-corrected chi connectivity index (χ3v) is 2.22. The van der Waals surface area contributed by atoms with E-state index in [0.29, 0.717) is 0 Å². The molecule has 13 heavy (non-hydrogen) atoms. The summed E-state index contributed by atoms with van der Waals surface area (Å²) in [7, 11) is 1.90. The molecule has 1 aliphatic heterocycles. The van der Waals surface area contributed by atoms with Crippen molar-refractivity contribution in [3.63, 3.8) is 0 Å². The molecule has 1 saturated heterocycles. The van der Waals surface area contributed by atoms with E-state index in [2.05, 4.69) is 15.4 Å². The minimum atomic E-state index is 0.247. The van der Waals surface area contributed by atoms with Gasteiger partial charge in [0.2, 0.25) is 0 Å². The molecule has 0 amide bonds. The molecule has 0 saturated carbocycles. The Kier molecular flexibility index (Phi) is 2.56. The van der Waals surface area contributed by atoms with Gasteiger partial charge in [-0.15, -0.1) is 0 Å². The number of nitrogens with one attached hydrogen (secondary N) is 1. The monoisotopic (exact) mass is 182 g/mol. The quantitative estimate of drug-likeness (QED) is 0.660. The van der Waals surface area contributed by atoms with Crippen LogP contribution in [0.1, 0.15) is 5.82 Å². The lowest BCUT2D eigenvalue weighted by atomic mass is 10.2. The van der Waals surface area contributed by atoms with E-state index < -0.39 is 0 Å². The third kappa shape index (κ3) is 2.05. The second-order valence-corrected chi connectivity index (χ2v) is 3.20. The van der Waals surface area contributed by atoms with Crippen molar-refractivity contribution in [2.45, 2.75) is 12.5 Å². The standard InChI is InChI=1S/C8H14N4O/c1-12-8(10-6-11-12)4-7-5-9-2-3-13-7/h6-7,9H,2-5H2,1H3. The Morgan fingerprint density at radius 1 is 1.77 bits per heavy atom. The van der Waals surface area contributed by atoms with Crippen LogP contribution in [0.3, 0.4) is 0 Å². The molecule has 5 heteroatoms. The number of aryl methyl sites for hydroxylation is 1. The van der Waals surface area contributed by atoms with Gasteiger partial charge in [0.05, 0.1) is 12.7 Å². The Bertz CT molecular complexity index is 267. The summed E-state index contributed by atoms with van der Waals surface area (Å²) in [5.74, 6) is 0.980. The third-order valence-electron chi connectivity index (χ3n) is 2.22. The van der Waals surface area contributed by atoms with Crippen molar-refractivity contribution >= 4 is 0 Å². The first-order valence-corrected chi connectivity index (χ1v) is 4.51. The number of aromatic nitrogens is 3. The molecule has 0 spiro atoms. The Labute approximate surface area is 77.1 Å². The van der Waals surface area contributed by atoms with Crippen LogP contribution in [0.25, 0.3) is 0 Å². The second kappa shape index (κ2) is 3.85. The van der Waals surface area contributed by atoms with Gasteiger partial charge in [0.1, 0.15) is 12.2 Å². The Hall–Kier alpha value is -0.940. The van der Waals surface area contributed by atoms with Crippen LogP contribution in [0.15, 0.2) is 6.33 Å². The zero-order valence-electron chi connectivity index (χ0n) is 7.73. The lowest BCUT2D eigenvalue weighted by Crippen LogP contribution is -2.40. The summed E-state index contributed by atoms with van der Waals surface area (Å²) in [5.41, 5.74) is 0. The van der Waals surface area contributed by atoms with Crippen molar-refractivity contribution in [3.8, 4) is 0 Å². The lowest BCUT2D eigenvalue weighted by molar-refractivity contribution is 0.0275. The van der Waals surface area contributed by atoms with Crippen molar-refractivity contribution in [1.82, 2.24) is 20.1 Å². The molecule has 72 valence electrons. The Morgan fingerprint density at radius 2 is 2.69 bits per heavy atom. The van der Waals surface area contributed by atoms with Crippen LogP contribution in [0.4, 0.5) is 0 Å². The average molecular weight is 182 g/mol. The molecule has 1 unspecified atom stereocenters. The number of hydrogen-bond acceptors (Lipinski definition) is 4. The molecule has 0 aromatic carbocycles. The summed E-state index contributed by atoms with van der Waals surface area (Å²) >= 11 is 0. The maximum Gasteiger partial charge on any atom is 0.138 e. The number of nitrogens with zero attached hydrogens (tertiary/aromatic N) is 3. The Morgan fingerprint density at radius 3 is 3.31 bits per heavy atom. The van der Waals surface area contributed by atoms with Gasteiger partial charge in [-0.25, -0.2) is 4.98 Å². The van der Waals surface area contributed by atoms with Crippen molar-refractivity contribution in [3.05, 3.63) is 12.2 Å². The molecular formula is C8H14N4O. The van der Waals surface area contributed by atoms with Crippen LogP contribution < -0.4 is 5.32 Å². The first-order valence-electron chi connectivity index (χ1n) is 4.51. The highest BCUT2D eigenvalue weighted by atomic mass is 16.5. The Balaban J connectivity index is 1.93. The highest BCUT2D eigenvalue weighted by molar-refractivity contribution is 4.88. The fourth-order valence-electron chi connectivity index (χ4n) is 1.46. The molecule has 1 fully saturated rings. The van der Waals surface area contributed by atoms with E-state index in [1.165, 1.54) is 0 Å². The number of morpholine rings is 1. The maximum atomic E-state index is 5.56. The van der Waals surface area contributed by atoms with Gasteiger partial charge in [0, 0.05) is 26.6 Å². The van der Waals surface area contributed by atoms with Crippen LogP contribution in [-0.4, -0.2) is 40.6 Å². The molecule has 1 atom stereocenters.